The first-order chi connectivity index (χ1) is 17.8. The number of carbonyl (C=O) groups is 2. The fourth-order valence-electron chi connectivity index (χ4n) is 4.70. The molecule has 2 N–H and O–H groups in total. The SMILES string of the molecule is Cc1ccc(C2CC(c3c(-c4ccc(Cl)cc4)c4ccccc4[nH]c3=O)=NN2C(=O)CCC(=O)O)cc1. The van der Waals surface area contributed by atoms with Crippen LogP contribution in [0.4, 0.5) is 0 Å². The van der Waals surface area contributed by atoms with Crippen molar-refractivity contribution in [3.05, 3.63) is 105 Å². The van der Waals surface area contributed by atoms with Crippen LogP contribution in [0.25, 0.3) is 22.0 Å². The number of nitrogens with one attached hydrogen (secondary N) is 1. The number of aromatic amines is 1. The maximum atomic E-state index is 13.5. The zero-order valence-electron chi connectivity index (χ0n) is 20.1. The first-order valence-electron chi connectivity index (χ1n) is 11.9. The summed E-state index contributed by atoms with van der Waals surface area (Å²) in [6.45, 7) is 1.98. The molecule has 0 radical (unpaired) electrons. The highest BCUT2D eigenvalue weighted by molar-refractivity contribution is 6.30. The van der Waals surface area contributed by atoms with Gasteiger partial charge in [0.15, 0.2) is 0 Å². The van der Waals surface area contributed by atoms with Crippen molar-refractivity contribution in [3.8, 4) is 11.1 Å². The number of carboxylic acids is 1. The molecule has 1 atom stereocenters. The molecule has 4 aromatic rings. The van der Waals surface area contributed by atoms with E-state index in [1.54, 1.807) is 12.1 Å². The summed E-state index contributed by atoms with van der Waals surface area (Å²) in [5.41, 5.74) is 4.65. The standard InChI is InChI=1S/C29H24ClN3O4/c1-17-6-8-18(9-7-17)24-16-23(32-33(24)25(34)14-15-26(35)36)28-27(19-10-12-20(30)13-11-19)21-4-2-3-5-22(21)31-29(28)37/h2-13,24H,14-16H2,1H3,(H,31,37)(H,35,36). The number of rotatable bonds is 6. The molecule has 8 heteroatoms. The Kier molecular flexibility index (Phi) is 6.63. The fraction of sp³-hybridized carbons (Fsp3) is 0.172. The highest BCUT2D eigenvalue weighted by Gasteiger charge is 2.35. The van der Waals surface area contributed by atoms with E-state index in [1.165, 1.54) is 5.01 Å². The zero-order chi connectivity index (χ0) is 26.1. The molecular formula is C29H24ClN3O4. The average Bonchev–Trinajstić information content (AvgIpc) is 3.32. The van der Waals surface area contributed by atoms with Crippen molar-refractivity contribution in [3.63, 3.8) is 0 Å². The van der Waals surface area contributed by atoms with Gasteiger partial charge in [-0.25, -0.2) is 5.01 Å². The van der Waals surface area contributed by atoms with E-state index in [2.05, 4.69) is 10.1 Å². The van der Waals surface area contributed by atoms with Gasteiger partial charge in [0.1, 0.15) is 0 Å². The van der Waals surface area contributed by atoms with Gasteiger partial charge >= 0.3 is 5.97 Å². The van der Waals surface area contributed by atoms with Gasteiger partial charge in [-0.2, -0.15) is 5.10 Å². The predicted octanol–water partition coefficient (Wildman–Crippen LogP) is 5.70. The van der Waals surface area contributed by atoms with E-state index < -0.39 is 17.9 Å². The molecule has 1 aliphatic rings. The second-order valence-corrected chi connectivity index (χ2v) is 9.50. The van der Waals surface area contributed by atoms with Gasteiger partial charge in [-0.15, -0.1) is 0 Å². The number of hydrazone groups is 1. The summed E-state index contributed by atoms with van der Waals surface area (Å²) in [5.74, 6) is -1.46. The average molecular weight is 514 g/mol. The number of aryl methyl sites for hydroxylation is 1. The van der Waals surface area contributed by atoms with Gasteiger partial charge in [0.05, 0.1) is 23.7 Å². The van der Waals surface area contributed by atoms with Gasteiger partial charge in [0, 0.05) is 34.3 Å². The van der Waals surface area contributed by atoms with Crippen LogP contribution < -0.4 is 5.56 Å². The van der Waals surface area contributed by atoms with E-state index in [-0.39, 0.29) is 18.4 Å². The summed E-state index contributed by atoms with van der Waals surface area (Å²) < 4.78 is 0. The zero-order valence-corrected chi connectivity index (χ0v) is 20.8. The van der Waals surface area contributed by atoms with Crippen LogP contribution in [0.5, 0.6) is 0 Å². The van der Waals surface area contributed by atoms with Gasteiger partial charge in [-0.05, 0) is 36.2 Å². The van der Waals surface area contributed by atoms with Gasteiger partial charge in [0.2, 0.25) is 5.91 Å². The minimum atomic E-state index is -1.06. The molecule has 0 spiro atoms. The molecule has 1 unspecified atom stereocenters. The van der Waals surface area contributed by atoms with E-state index in [0.29, 0.717) is 33.8 Å². The van der Waals surface area contributed by atoms with Crippen molar-refractivity contribution in [1.29, 1.82) is 0 Å². The molecule has 3 aromatic carbocycles. The van der Waals surface area contributed by atoms with Gasteiger partial charge < -0.3 is 10.1 Å². The van der Waals surface area contributed by atoms with Crippen molar-refractivity contribution in [2.24, 2.45) is 5.10 Å². The Morgan fingerprint density at radius 2 is 1.70 bits per heavy atom. The molecule has 1 amide bonds. The lowest BCUT2D eigenvalue weighted by Gasteiger charge is -2.22. The minimum absolute atomic E-state index is 0.188. The highest BCUT2D eigenvalue weighted by atomic mass is 35.5. The number of carbonyl (C=O) groups excluding carboxylic acids is 1. The van der Waals surface area contributed by atoms with Crippen LogP contribution in [0, 0.1) is 6.92 Å². The van der Waals surface area contributed by atoms with Crippen molar-refractivity contribution in [1.82, 2.24) is 9.99 Å². The third-order valence-corrected chi connectivity index (χ3v) is 6.78. The topological polar surface area (TPSA) is 103 Å². The number of carboxylic acid groups (broad SMARTS) is 1. The quantitative estimate of drug-likeness (QED) is 0.345. The molecule has 0 fully saturated rings. The van der Waals surface area contributed by atoms with Crippen LogP contribution in [-0.2, 0) is 9.59 Å². The lowest BCUT2D eigenvalue weighted by molar-refractivity contribution is -0.141. The number of halogens is 1. The molecule has 186 valence electrons. The Morgan fingerprint density at radius 1 is 1.00 bits per heavy atom. The summed E-state index contributed by atoms with van der Waals surface area (Å²) in [5, 5.41) is 16.5. The molecule has 0 aliphatic carbocycles. The summed E-state index contributed by atoms with van der Waals surface area (Å²) in [7, 11) is 0. The number of nitrogens with zero attached hydrogens (tertiary/aromatic N) is 2. The number of amides is 1. The van der Waals surface area contributed by atoms with E-state index in [9.17, 15) is 14.4 Å². The molecule has 1 aromatic heterocycles. The number of para-hydroxylation sites is 1. The van der Waals surface area contributed by atoms with E-state index >= 15 is 0 Å². The highest BCUT2D eigenvalue weighted by Crippen LogP contribution is 2.37. The van der Waals surface area contributed by atoms with Crippen LogP contribution in [0.3, 0.4) is 0 Å². The number of hydrogen-bond donors (Lipinski definition) is 2. The number of H-pyrrole nitrogens is 1. The molecule has 1 aliphatic heterocycles. The second kappa shape index (κ2) is 10.0. The van der Waals surface area contributed by atoms with Crippen LogP contribution in [0.2, 0.25) is 5.02 Å². The van der Waals surface area contributed by atoms with Crippen LogP contribution >= 0.6 is 11.6 Å². The van der Waals surface area contributed by atoms with Gasteiger partial charge in [0.25, 0.3) is 5.56 Å². The summed E-state index contributed by atoms with van der Waals surface area (Å²) in [6, 6.07) is 22.1. The maximum Gasteiger partial charge on any atom is 0.303 e. The number of benzene rings is 3. The number of aliphatic carboxylic acids is 1. The lowest BCUT2D eigenvalue weighted by Crippen LogP contribution is -2.27. The third-order valence-electron chi connectivity index (χ3n) is 6.52. The van der Waals surface area contributed by atoms with Crippen LogP contribution in [0.1, 0.15) is 42.0 Å². The Labute approximate surface area is 218 Å². The third kappa shape index (κ3) is 4.90. The Hall–Kier alpha value is -4.23. The van der Waals surface area contributed by atoms with Crippen molar-refractivity contribution in [2.75, 3.05) is 0 Å². The molecule has 7 nitrogen and oxygen atoms in total. The molecule has 37 heavy (non-hydrogen) atoms. The Morgan fingerprint density at radius 3 is 2.41 bits per heavy atom. The molecular weight excluding hydrogens is 490 g/mol. The van der Waals surface area contributed by atoms with Gasteiger partial charge in [-0.1, -0.05) is 71.8 Å². The van der Waals surface area contributed by atoms with Crippen LogP contribution in [0.15, 0.2) is 82.7 Å². The normalized spacial score (nSPS) is 15.1. The number of fused-ring (bicyclic) bond motifs is 1. The van der Waals surface area contributed by atoms with E-state index in [0.717, 1.165) is 22.1 Å². The Balaban J connectivity index is 1.68. The predicted molar refractivity (Wildman–Crippen MR) is 144 cm³/mol. The fourth-order valence-corrected chi connectivity index (χ4v) is 4.83. The molecule has 0 saturated heterocycles. The van der Waals surface area contributed by atoms with E-state index in [1.807, 2.05) is 67.6 Å². The van der Waals surface area contributed by atoms with Crippen molar-refractivity contribution < 1.29 is 14.7 Å². The molecule has 5 rings (SSSR count). The monoisotopic (exact) mass is 513 g/mol. The number of hydrogen-bond acceptors (Lipinski definition) is 4. The van der Waals surface area contributed by atoms with Crippen LogP contribution in [-0.4, -0.2) is 32.7 Å². The lowest BCUT2D eigenvalue weighted by atomic mass is 9.91. The van der Waals surface area contributed by atoms with E-state index in [4.69, 9.17) is 16.7 Å². The minimum Gasteiger partial charge on any atom is -0.481 e. The Bertz CT molecular complexity index is 1590. The summed E-state index contributed by atoms with van der Waals surface area (Å²) in [6.07, 6.45) is -0.177. The first-order valence-corrected chi connectivity index (χ1v) is 12.3. The first kappa shape index (κ1) is 24.5. The smallest absolute Gasteiger partial charge is 0.303 e. The summed E-state index contributed by atoms with van der Waals surface area (Å²) in [4.78, 5) is 40.7. The second-order valence-electron chi connectivity index (χ2n) is 9.07. The number of pyridine rings is 1. The largest absolute Gasteiger partial charge is 0.481 e. The molecule has 0 saturated carbocycles. The van der Waals surface area contributed by atoms with Crippen molar-refractivity contribution in [2.45, 2.75) is 32.2 Å². The van der Waals surface area contributed by atoms with Gasteiger partial charge in [-0.3, -0.25) is 14.4 Å². The number of aromatic nitrogens is 1. The molecule has 0 bridgehead atoms. The summed E-state index contributed by atoms with van der Waals surface area (Å²) >= 11 is 6.14. The van der Waals surface area contributed by atoms with Crippen molar-refractivity contribution >= 4 is 40.1 Å². The maximum absolute atomic E-state index is 13.5. The molecule has 2 heterocycles.